The van der Waals surface area contributed by atoms with Gasteiger partial charge < -0.3 is 20.9 Å². The lowest BCUT2D eigenvalue weighted by Crippen LogP contribution is -2.46. The average Bonchev–Trinajstić information content (AvgIpc) is 2.90. The molecule has 2 heterocycles. The smallest absolute Gasteiger partial charge is 0.248 e. The molecule has 3 N–H and O–H groups in total. The standard InChI is InChI=1S/C28H35N7O2/c1-21(22-7-4-3-5-8-22)32-28-24-19-23(11-12-25(24)30-20-31-28)33-27(37)10-6-9-26(36)29-13-14-35-17-15-34(2)16-18-35/h3-8,10-12,19-21H,9,13-18H2,1-2H3,(H,29,36)(H,33,37)(H,30,31,32)/b10-6+. The van der Waals surface area contributed by atoms with Crippen LogP contribution in [0.15, 0.2) is 67.0 Å². The van der Waals surface area contributed by atoms with Crippen LogP contribution in [0.1, 0.15) is 24.9 Å². The van der Waals surface area contributed by atoms with Gasteiger partial charge in [0.05, 0.1) is 5.52 Å². The Morgan fingerprint density at radius 3 is 2.62 bits per heavy atom. The monoisotopic (exact) mass is 501 g/mol. The predicted molar refractivity (Wildman–Crippen MR) is 147 cm³/mol. The maximum atomic E-state index is 12.4. The summed E-state index contributed by atoms with van der Waals surface area (Å²) < 4.78 is 0. The van der Waals surface area contributed by atoms with E-state index in [0.717, 1.165) is 49.2 Å². The van der Waals surface area contributed by atoms with Crippen LogP contribution in [0, 0.1) is 0 Å². The summed E-state index contributed by atoms with van der Waals surface area (Å²) in [4.78, 5) is 38.0. The SMILES string of the molecule is CC(Nc1ncnc2ccc(NC(=O)/C=C/CC(=O)NCCN3CCN(C)CC3)cc12)c1ccccc1. The fourth-order valence-corrected chi connectivity index (χ4v) is 4.23. The van der Waals surface area contributed by atoms with E-state index in [2.05, 4.69) is 61.8 Å². The van der Waals surface area contributed by atoms with E-state index in [0.29, 0.717) is 18.1 Å². The van der Waals surface area contributed by atoms with Gasteiger partial charge in [0.1, 0.15) is 12.1 Å². The zero-order valence-corrected chi connectivity index (χ0v) is 21.5. The Hall–Kier alpha value is -3.82. The van der Waals surface area contributed by atoms with E-state index in [4.69, 9.17) is 0 Å². The van der Waals surface area contributed by atoms with Gasteiger partial charge >= 0.3 is 0 Å². The Morgan fingerprint density at radius 1 is 1.05 bits per heavy atom. The van der Waals surface area contributed by atoms with Crippen LogP contribution in [0.25, 0.3) is 10.9 Å². The molecule has 0 spiro atoms. The van der Waals surface area contributed by atoms with E-state index in [1.165, 1.54) is 12.4 Å². The maximum absolute atomic E-state index is 12.4. The van der Waals surface area contributed by atoms with Crippen molar-refractivity contribution in [3.63, 3.8) is 0 Å². The number of carbonyl (C=O) groups excluding carboxylic acids is 2. The molecule has 0 aliphatic carbocycles. The molecule has 1 saturated heterocycles. The molecule has 3 aromatic rings. The van der Waals surface area contributed by atoms with Crippen LogP contribution >= 0.6 is 0 Å². The fraction of sp³-hybridized carbons (Fsp3) is 0.357. The first-order chi connectivity index (χ1) is 18.0. The lowest BCUT2D eigenvalue weighted by Gasteiger charge is -2.32. The number of aromatic nitrogens is 2. The third-order valence-electron chi connectivity index (χ3n) is 6.47. The molecule has 0 radical (unpaired) electrons. The molecular weight excluding hydrogens is 466 g/mol. The van der Waals surface area contributed by atoms with Crippen LogP contribution in [0.5, 0.6) is 0 Å². The van der Waals surface area contributed by atoms with Gasteiger partial charge in [-0.15, -0.1) is 0 Å². The van der Waals surface area contributed by atoms with Gasteiger partial charge in [0.2, 0.25) is 11.8 Å². The highest BCUT2D eigenvalue weighted by molar-refractivity contribution is 6.01. The Labute approximate surface area is 218 Å². The van der Waals surface area contributed by atoms with Crippen LogP contribution in [-0.4, -0.2) is 77.9 Å². The number of likely N-dealkylation sites (N-methyl/N-ethyl adjacent to an activating group) is 1. The molecule has 2 aromatic carbocycles. The van der Waals surface area contributed by atoms with Gasteiger partial charge in [0.25, 0.3) is 0 Å². The summed E-state index contributed by atoms with van der Waals surface area (Å²) in [6, 6.07) is 15.7. The van der Waals surface area contributed by atoms with Gasteiger partial charge in [-0.3, -0.25) is 14.5 Å². The van der Waals surface area contributed by atoms with Crippen LogP contribution in [0.3, 0.4) is 0 Å². The minimum Gasteiger partial charge on any atom is -0.363 e. The van der Waals surface area contributed by atoms with Gasteiger partial charge in [0.15, 0.2) is 0 Å². The van der Waals surface area contributed by atoms with Crippen molar-refractivity contribution in [1.29, 1.82) is 0 Å². The molecule has 1 unspecified atom stereocenters. The van der Waals surface area contributed by atoms with E-state index in [-0.39, 0.29) is 24.3 Å². The largest absolute Gasteiger partial charge is 0.363 e. The lowest BCUT2D eigenvalue weighted by atomic mass is 10.1. The summed E-state index contributed by atoms with van der Waals surface area (Å²) in [6.07, 6.45) is 4.66. The van der Waals surface area contributed by atoms with E-state index in [9.17, 15) is 9.59 Å². The minimum absolute atomic E-state index is 0.0492. The number of amides is 2. The Bertz CT molecular complexity index is 1220. The van der Waals surface area contributed by atoms with Crippen LogP contribution in [0.2, 0.25) is 0 Å². The molecule has 0 bridgehead atoms. The number of fused-ring (bicyclic) bond motifs is 1. The van der Waals surface area contributed by atoms with Crippen molar-refractivity contribution in [3.05, 3.63) is 72.6 Å². The highest BCUT2D eigenvalue weighted by atomic mass is 16.2. The highest BCUT2D eigenvalue weighted by Gasteiger charge is 2.13. The molecule has 4 rings (SSSR count). The molecule has 9 heteroatoms. The molecule has 1 aromatic heterocycles. The zero-order chi connectivity index (χ0) is 26.0. The van der Waals surface area contributed by atoms with Gasteiger partial charge in [-0.1, -0.05) is 36.4 Å². The third-order valence-corrected chi connectivity index (χ3v) is 6.47. The number of rotatable bonds is 10. The van der Waals surface area contributed by atoms with Crippen molar-refractivity contribution in [2.24, 2.45) is 0 Å². The number of nitrogens with one attached hydrogen (secondary N) is 3. The molecule has 37 heavy (non-hydrogen) atoms. The first-order valence-electron chi connectivity index (χ1n) is 12.7. The summed E-state index contributed by atoms with van der Waals surface area (Å²) in [5.41, 5.74) is 2.55. The van der Waals surface area contributed by atoms with Crippen LogP contribution < -0.4 is 16.0 Å². The molecule has 1 atom stereocenters. The lowest BCUT2D eigenvalue weighted by molar-refractivity contribution is -0.120. The van der Waals surface area contributed by atoms with E-state index in [1.54, 1.807) is 12.1 Å². The third kappa shape index (κ3) is 7.83. The van der Waals surface area contributed by atoms with Crippen LogP contribution in [-0.2, 0) is 9.59 Å². The number of anilines is 2. The topological polar surface area (TPSA) is 102 Å². The first kappa shape index (κ1) is 26.2. The zero-order valence-electron chi connectivity index (χ0n) is 21.5. The summed E-state index contributed by atoms with van der Waals surface area (Å²) in [5.74, 6) is 0.305. The van der Waals surface area contributed by atoms with E-state index in [1.807, 2.05) is 30.3 Å². The average molecular weight is 502 g/mol. The summed E-state index contributed by atoms with van der Waals surface area (Å²) in [7, 11) is 2.12. The van der Waals surface area contributed by atoms with Crippen molar-refractivity contribution >= 4 is 34.2 Å². The molecule has 9 nitrogen and oxygen atoms in total. The van der Waals surface area contributed by atoms with Crippen molar-refractivity contribution in [2.75, 3.05) is 56.9 Å². The molecule has 0 saturated carbocycles. The molecular formula is C28H35N7O2. The summed E-state index contributed by atoms with van der Waals surface area (Å²) in [5, 5.41) is 10.0. The summed E-state index contributed by atoms with van der Waals surface area (Å²) in [6.45, 7) is 7.69. The number of hydrogen-bond donors (Lipinski definition) is 3. The minimum atomic E-state index is -0.298. The second kappa shape index (κ2) is 12.9. The van der Waals surface area contributed by atoms with Gasteiger partial charge in [-0.2, -0.15) is 0 Å². The van der Waals surface area contributed by atoms with Crippen molar-refractivity contribution in [2.45, 2.75) is 19.4 Å². The Kier molecular flexibility index (Phi) is 9.18. The first-order valence-corrected chi connectivity index (χ1v) is 12.7. The van der Waals surface area contributed by atoms with Crippen LogP contribution in [0.4, 0.5) is 11.5 Å². The molecule has 194 valence electrons. The predicted octanol–water partition coefficient (Wildman–Crippen LogP) is 3.05. The molecule has 1 aliphatic heterocycles. The second-order valence-electron chi connectivity index (χ2n) is 9.32. The van der Waals surface area contributed by atoms with Gasteiger partial charge in [0, 0.05) is 62.8 Å². The Morgan fingerprint density at radius 2 is 1.84 bits per heavy atom. The quantitative estimate of drug-likeness (QED) is 0.367. The molecule has 2 amide bonds. The van der Waals surface area contributed by atoms with Crippen molar-refractivity contribution in [3.8, 4) is 0 Å². The number of benzene rings is 2. The molecule has 1 aliphatic rings. The number of hydrogen-bond acceptors (Lipinski definition) is 7. The highest BCUT2D eigenvalue weighted by Crippen LogP contribution is 2.26. The van der Waals surface area contributed by atoms with Gasteiger partial charge in [-0.25, -0.2) is 9.97 Å². The number of nitrogens with zero attached hydrogens (tertiary/aromatic N) is 4. The summed E-state index contributed by atoms with van der Waals surface area (Å²) >= 11 is 0. The van der Waals surface area contributed by atoms with E-state index >= 15 is 0 Å². The number of piperazine rings is 1. The second-order valence-corrected chi connectivity index (χ2v) is 9.32. The van der Waals surface area contributed by atoms with Crippen molar-refractivity contribution in [1.82, 2.24) is 25.1 Å². The normalized spacial score (nSPS) is 15.5. The van der Waals surface area contributed by atoms with E-state index < -0.39 is 0 Å². The molecule has 1 fully saturated rings. The maximum Gasteiger partial charge on any atom is 0.248 e. The van der Waals surface area contributed by atoms with Gasteiger partial charge in [-0.05, 0) is 43.8 Å². The number of carbonyl (C=O) groups is 2. The Balaban J connectivity index is 1.27. The fourth-order valence-electron chi connectivity index (χ4n) is 4.23. The van der Waals surface area contributed by atoms with Crippen molar-refractivity contribution < 1.29 is 9.59 Å².